The monoisotopic (exact) mass is 184 g/mol. The molecule has 0 saturated carbocycles. The molecule has 2 aliphatic heterocycles. The van der Waals surface area contributed by atoms with Gasteiger partial charge in [-0.3, -0.25) is 0 Å². The third-order valence-corrected chi connectivity index (χ3v) is 3.63. The molecule has 0 unspecified atom stereocenters. The number of hydrogen-bond donors (Lipinski definition) is 2. The number of ether oxygens (including phenoxy) is 1. The molecule has 0 amide bonds. The molecule has 74 valence electrons. The van der Waals surface area contributed by atoms with Crippen LogP contribution in [0.25, 0.3) is 0 Å². The van der Waals surface area contributed by atoms with Gasteiger partial charge in [-0.15, -0.1) is 0 Å². The van der Waals surface area contributed by atoms with E-state index in [2.05, 4.69) is 6.08 Å². The molecule has 3 heteroatoms. The van der Waals surface area contributed by atoms with Crippen molar-refractivity contribution >= 4 is 0 Å². The maximum atomic E-state index is 9.25. The molecule has 13 heavy (non-hydrogen) atoms. The predicted octanol–water partition coefficient (Wildman–Crippen LogP) is 0.321. The lowest BCUT2D eigenvalue weighted by molar-refractivity contribution is 0.00799. The van der Waals surface area contributed by atoms with Gasteiger partial charge in [-0.2, -0.15) is 0 Å². The van der Waals surface area contributed by atoms with Gasteiger partial charge >= 0.3 is 0 Å². The highest BCUT2D eigenvalue weighted by Crippen LogP contribution is 2.50. The van der Waals surface area contributed by atoms with E-state index in [1.807, 2.05) is 13.8 Å². The Morgan fingerprint density at radius 2 is 2.15 bits per heavy atom. The summed E-state index contributed by atoms with van der Waals surface area (Å²) in [5.41, 5.74) is 0.841. The smallest absolute Gasteiger partial charge is 0.0924 e. The topological polar surface area (TPSA) is 49.7 Å². The first-order valence-electron chi connectivity index (χ1n) is 4.72. The summed E-state index contributed by atoms with van der Waals surface area (Å²) in [6.07, 6.45) is 2.07. The van der Waals surface area contributed by atoms with Gasteiger partial charge in [-0.25, -0.2) is 0 Å². The summed E-state index contributed by atoms with van der Waals surface area (Å²) in [5, 5.41) is 18.4. The fourth-order valence-electron chi connectivity index (χ4n) is 2.59. The Labute approximate surface area is 78.0 Å². The normalized spacial score (nSPS) is 48.3. The van der Waals surface area contributed by atoms with Crippen LogP contribution in [0.1, 0.15) is 13.8 Å². The molecule has 2 rings (SSSR count). The molecule has 2 bridgehead atoms. The van der Waals surface area contributed by atoms with Gasteiger partial charge in [0.1, 0.15) is 0 Å². The van der Waals surface area contributed by atoms with Crippen molar-refractivity contribution in [3.05, 3.63) is 11.6 Å². The van der Waals surface area contributed by atoms with E-state index in [0.717, 1.165) is 0 Å². The Bertz CT molecular complexity index is 249. The quantitative estimate of drug-likeness (QED) is 0.608. The minimum Gasteiger partial charge on any atom is -0.396 e. The molecule has 2 heterocycles. The van der Waals surface area contributed by atoms with Crippen LogP contribution in [0.4, 0.5) is 0 Å². The van der Waals surface area contributed by atoms with Gasteiger partial charge in [-0.05, 0) is 19.4 Å². The lowest BCUT2D eigenvalue weighted by atomic mass is 9.73. The van der Waals surface area contributed by atoms with Crippen LogP contribution < -0.4 is 0 Å². The van der Waals surface area contributed by atoms with E-state index < -0.39 is 0 Å². The molecule has 1 fully saturated rings. The second-order valence-electron chi connectivity index (χ2n) is 4.17. The summed E-state index contributed by atoms with van der Waals surface area (Å²) in [6.45, 7) is 4.20. The van der Waals surface area contributed by atoms with Crippen molar-refractivity contribution in [1.82, 2.24) is 0 Å². The van der Waals surface area contributed by atoms with E-state index in [-0.39, 0.29) is 36.8 Å². The Morgan fingerprint density at radius 3 is 2.69 bits per heavy atom. The maximum Gasteiger partial charge on any atom is 0.0924 e. The van der Waals surface area contributed by atoms with Crippen LogP contribution in [0.2, 0.25) is 0 Å². The van der Waals surface area contributed by atoms with Crippen molar-refractivity contribution in [1.29, 1.82) is 0 Å². The fourth-order valence-corrected chi connectivity index (χ4v) is 2.59. The lowest BCUT2D eigenvalue weighted by Crippen LogP contribution is -2.39. The molecule has 0 spiro atoms. The third kappa shape index (κ3) is 1.01. The zero-order valence-corrected chi connectivity index (χ0v) is 8.03. The molecule has 3 nitrogen and oxygen atoms in total. The molecule has 0 aromatic heterocycles. The summed E-state index contributed by atoms with van der Waals surface area (Å²) in [4.78, 5) is 0. The second kappa shape index (κ2) is 2.80. The zero-order chi connectivity index (χ0) is 9.64. The number of rotatable bonds is 2. The minimum absolute atomic E-state index is 0.00662. The molecular formula is C10H16O3. The van der Waals surface area contributed by atoms with E-state index in [1.165, 1.54) is 5.57 Å². The van der Waals surface area contributed by atoms with Crippen LogP contribution in [0.5, 0.6) is 0 Å². The van der Waals surface area contributed by atoms with Crippen molar-refractivity contribution in [2.75, 3.05) is 13.2 Å². The Kier molecular flexibility index (Phi) is 1.98. The van der Waals surface area contributed by atoms with Gasteiger partial charge < -0.3 is 14.9 Å². The van der Waals surface area contributed by atoms with E-state index >= 15 is 0 Å². The van der Waals surface area contributed by atoms with Crippen molar-refractivity contribution in [3.63, 3.8) is 0 Å². The van der Waals surface area contributed by atoms with Crippen molar-refractivity contribution in [2.45, 2.75) is 25.6 Å². The maximum absolute atomic E-state index is 9.25. The molecule has 0 aliphatic carbocycles. The number of aliphatic hydroxyl groups is 2. The summed E-state index contributed by atoms with van der Waals surface area (Å²) in [7, 11) is 0. The first-order chi connectivity index (χ1) is 6.13. The molecule has 2 aliphatic rings. The Hall–Kier alpha value is -0.380. The average Bonchev–Trinajstić information content (AvgIpc) is 2.53. The van der Waals surface area contributed by atoms with Gasteiger partial charge in [0.2, 0.25) is 0 Å². The highest BCUT2D eigenvalue weighted by molar-refractivity contribution is 5.29. The number of hydrogen-bond acceptors (Lipinski definition) is 3. The largest absolute Gasteiger partial charge is 0.396 e. The summed E-state index contributed by atoms with van der Waals surface area (Å²) in [5.74, 6) is 0.117. The van der Waals surface area contributed by atoms with Gasteiger partial charge in [0, 0.05) is 25.0 Å². The van der Waals surface area contributed by atoms with E-state index in [0.29, 0.717) is 0 Å². The standard InChI is InChI=1S/C10H16O3/c1-6-3-9-7(4-11)8(5-12)10(6,2)13-9/h3,7-9,11-12H,4-5H2,1-2H3/t7-,8+,9+,10-/m0/s1. The summed E-state index contributed by atoms with van der Waals surface area (Å²) >= 11 is 0. The van der Waals surface area contributed by atoms with Crippen LogP contribution in [-0.4, -0.2) is 35.1 Å². The van der Waals surface area contributed by atoms with Crippen molar-refractivity contribution < 1.29 is 14.9 Å². The van der Waals surface area contributed by atoms with E-state index in [4.69, 9.17) is 9.84 Å². The van der Waals surface area contributed by atoms with Crippen LogP contribution in [0, 0.1) is 11.8 Å². The van der Waals surface area contributed by atoms with Gasteiger partial charge in [0.05, 0.1) is 11.7 Å². The summed E-state index contributed by atoms with van der Waals surface area (Å²) in [6, 6.07) is 0. The predicted molar refractivity (Wildman–Crippen MR) is 48.2 cm³/mol. The van der Waals surface area contributed by atoms with Gasteiger partial charge in [0.15, 0.2) is 0 Å². The molecule has 2 N–H and O–H groups in total. The molecule has 0 aromatic carbocycles. The van der Waals surface area contributed by atoms with Crippen LogP contribution >= 0.6 is 0 Å². The van der Waals surface area contributed by atoms with Crippen LogP contribution in [0.3, 0.4) is 0 Å². The Morgan fingerprint density at radius 1 is 1.46 bits per heavy atom. The highest BCUT2D eigenvalue weighted by Gasteiger charge is 2.55. The molecule has 1 saturated heterocycles. The molecule has 4 atom stereocenters. The summed E-state index contributed by atoms with van der Waals surface area (Å²) < 4.78 is 5.77. The van der Waals surface area contributed by atoms with Crippen molar-refractivity contribution in [3.8, 4) is 0 Å². The van der Waals surface area contributed by atoms with Crippen LogP contribution in [0.15, 0.2) is 11.6 Å². The van der Waals surface area contributed by atoms with Crippen molar-refractivity contribution in [2.24, 2.45) is 11.8 Å². The van der Waals surface area contributed by atoms with Crippen LogP contribution in [-0.2, 0) is 4.74 Å². The first-order valence-corrected chi connectivity index (χ1v) is 4.72. The third-order valence-electron chi connectivity index (χ3n) is 3.63. The SMILES string of the molecule is CC1=C[C@H]2O[C@]1(C)[C@H](CO)[C@@H]2CO. The fraction of sp³-hybridized carbons (Fsp3) is 0.800. The molecular weight excluding hydrogens is 168 g/mol. The number of aliphatic hydroxyl groups excluding tert-OH is 2. The van der Waals surface area contributed by atoms with E-state index in [9.17, 15) is 5.11 Å². The highest BCUT2D eigenvalue weighted by atomic mass is 16.5. The minimum atomic E-state index is -0.340. The van der Waals surface area contributed by atoms with Gasteiger partial charge in [0.25, 0.3) is 0 Å². The second-order valence-corrected chi connectivity index (χ2v) is 4.17. The average molecular weight is 184 g/mol. The lowest BCUT2D eigenvalue weighted by Gasteiger charge is -2.31. The van der Waals surface area contributed by atoms with Gasteiger partial charge in [-0.1, -0.05) is 6.08 Å². The number of fused-ring (bicyclic) bond motifs is 2. The molecule has 0 radical (unpaired) electrons. The Balaban J connectivity index is 2.32. The molecule has 0 aromatic rings. The zero-order valence-electron chi connectivity index (χ0n) is 8.03. The first kappa shape index (κ1) is 9.19. The van der Waals surface area contributed by atoms with E-state index in [1.54, 1.807) is 0 Å².